The van der Waals surface area contributed by atoms with Crippen molar-refractivity contribution in [2.75, 3.05) is 25.0 Å². The third-order valence-corrected chi connectivity index (χ3v) is 3.88. The third-order valence-electron chi connectivity index (χ3n) is 3.88. The number of nitrogens with one attached hydrogen (secondary N) is 1. The second-order valence-corrected chi connectivity index (χ2v) is 5.64. The van der Waals surface area contributed by atoms with E-state index in [1.807, 2.05) is 11.8 Å². The molecule has 1 aromatic carbocycles. The summed E-state index contributed by atoms with van der Waals surface area (Å²) >= 11 is 0. The van der Waals surface area contributed by atoms with Gasteiger partial charge in [0, 0.05) is 12.6 Å². The Labute approximate surface area is 123 Å². The second kappa shape index (κ2) is 6.95. The summed E-state index contributed by atoms with van der Waals surface area (Å²) in [7, 11) is 0. The molecule has 0 saturated carbocycles. The Kier molecular flexibility index (Phi) is 5.25. The molecule has 2 unspecified atom stereocenters. The summed E-state index contributed by atoms with van der Waals surface area (Å²) in [5.41, 5.74) is 5.51. The molecule has 2 rings (SSSR count). The topological polar surface area (TPSA) is 58.4 Å². The van der Waals surface area contributed by atoms with Crippen molar-refractivity contribution in [3.63, 3.8) is 0 Å². The number of carbonyl (C=O) groups is 1. The van der Waals surface area contributed by atoms with E-state index in [-0.39, 0.29) is 18.3 Å². The second-order valence-electron chi connectivity index (χ2n) is 5.64. The zero-order chi connectivity index (χ0) is 15.4. The Hall–Kier alpha value is -1.53. The maximum atomic E-state index is 13.5. The summed E-state index contributed by atoms with van der Waals surface area (Å²) < 4.78 is 26.9. The van der Waals surface area contributed by atoms with Gasteiger partial charge in [0.25, 0.3) is 0 Å². The molecule has 0 radical (unpaired) electrons. The summed E-state index contributed by atoms with van der Waals surface area (Å²) in [5.74, 6) is -1.59. The number of nitrogens with two attached hydrogens (primary N) is 1. The molecule has 1 aliphatic rings. The van der Waals surface area contributed by atoms with Crippen LogP contribution in [0.25, 0.3) is 0 Å². The van der Waals surface area contributed by atoms with Gasteiger partial charge in [0.05, 0.1) is 6.54 Å². The number of carbonyl (C=O) groups excluding carboxylic acids is 1. The van der Waals surface area contributed by atoms with Crippen molar-refractivity contribution in [1.29, 1.82) is 0 Å². The van der Waals surface area contributed by atoms with Crippen molar-refractivity contribution in [2.24, 2.45) is 11.7 Å². The molecule has 116 valence electrons. The summed E-state index contributed by atoms with van der Waals surface area (Å²) in [6.07, 6.45) is 2.03. The Morgan fingerprint density at radius 1 is 1.48 bits per heavy atom. The minimum absolute atomic E-state index is 0.0832. The number of rotatable bonds is 4. The SMILES string of the molecule is CC(N)C1CCCN(CC(=O)Nc2c(F)cccc2F)C1. The van der Waals surface area contributed by atoms with E-state index in [9.17, 15) is 13.6 Å². The fraction of sp³-hybridized carbons (Fsp3) is 0.533. The van der Waals surface area contributed by atoms with Crippen molar-refractivity contribution in [2.45, 2.75) is 25.8 Å². The Bertz CT molecular complexity index is 487. The highest BCUT2D eigenvalue weighted by Gasteiger charge is 2.24. The van der Waals surface area contributed by atoms with E-state index in [1.54, 1.807) is 0 Å². The lowest BCUT2D eigenvalue weighted by molar-refractivity contribution is -0.117. The maximum Gasteiger partial charge on any atom is 0.238 e. The molecule has 1 heterocycles. The summed E-state index contributed by atoms with van der Waals surface area (Å²) in [5, 5.41) is 2.31. The summed E-state index contributed by atoms with van der Waals surface area (Å²) in [6, 6.07) is 3.58. The van der Waals surface area contributed by atoms with E-state index in [1.165, 1.54) is 6.07 Å². The lowest BCUT2D eigenvalue weighted by Crippen LogP contribution is -2.45. The predicted molar refractivity (Wildman–Crippen MR) is 77.8 cm³/mol. The average Bonchev–Trinajstić information content (AvgIpc) is 2.43. The molecule has 3 N–H and O–H groups in total. The Balaban J connectivity index is 1.93. The first kappa shape index (κ1) is 15.9. The first-order valence-electron chi connectivity index (χ1n) is 7.19. The highest BCUT2D eigenvalue weighted by molar-refractivity contribution is 5.92. The number of hydrogen-bond acceptors (Lipinski definition) is 3. The van der Waals surface area contributed by atoms with Crippen LogP contribution in [0.1, 0.15) is 19.8 Å². The summed E-state index contributed by atoms with van der Waals surface area (Å²) in [4.78, 5) is 13.9. The zero-order valence-corrected chi connectivity index (χ0v) is 12.1. The number of hydrogen-bond donors (Lipinski definition) is 2. The van der Waals surface area contributed by atoms with Crippen LogP contribution in [0.4, 0.5) is 14.5 Å². The van der Waals surface area contributed by atoms with Crippen LogP contribution in [0.2, 0.25) is 0 Å². The van der Waals surface area contributed by atoms with E-state index in [0.29, 0.717) is 5.92 Å². The van der Waals surface area contributed by atoms with Gasteiger partial charge in [0.1, 0.15) is 17.3 Å². The smallest absolute Gasteiger partial charge is 0.238 e. The van der Waals surface area contributed by atoms with Gasteiger partial charge in [-0.15, -0.1) is 0 Å². The number of anilines is 1. The van der Waals surface area contributed by atoms with Crippen molar-refractivity contribution < 1.29 is 13.6 Å². The number of piperidine rings is 1. The van der Waals surface area contributed by atoms with Gasteiger partial charge >= 0.3 is 0 Å². The monoisotopic (exact) mass is 297 g/mol. The van der Waals surface area contributed by atoms with Crippen molar-refractivity contribution in [3.05, 3.63) is 29.8 Å². The average molecular weight is 297 g/mol. The van der Waals surface area contributed by atoms with Gasteiger partial charge < -0.3 is 11.1 Å². The Morgan fingerprint density at radius 2 is 2.14 bits per heavy atom. The molecule has 4 nitrogen and oxygen atoms in total. The van der Waals surface area contributed by atoms with Crippen LogP contribution < -0.4 is 11.1 Å². The molecule has 0 spiro atoms. The number of benzene rings is 1. The number of likely N-dealkylation sites (tertiary alicyclic amines) is 1. The van der Waals surface area contributed by atoms with Crippen LogP contribution in [0, 0.1) is 17.6 Å². The molecule has 2 atom stereocenters. The molecular weight excluding hydrogens is 276 g/mol. The van der Waals surface area contributed by atoms with Gasteiger partial charge in [0.15, 0.2) is 0 Å². The normalized spacial score (nSPS) is 21.0. The van der Waals surface area contributed by atoms with Gasteiger partial charge in [-0.25, -0.2) is 8.78 Å². The predicted octanol–water partition coefficient (Wildman–Crippen LogP) is 1.96. The molecule has 1 aromatic rings. The fourth-order valence-corrected chi connectivity index (χ4v) is 2.66. The fourth-order valence-electron chi connectivity index (χ4n) is 2.66. The maximum absolute atomic E-state index is 13.5. The highest BCUT2D eigenvalue weighted by atomic mass is 19.1. The molecule has 0 aliphatic carbocycles. The molecule has 1 saturated heterocycles. The van der Waals surface area contributed by atoms with Gasteiger partial charge in [-0.3, -0.25) is 9.69 Å². The minimum Gasteiger partial charge on any atom is -0.328 e. The number of nitrogens with zero attached hydrogens (tertiary/aromatic N) is 1. The molecule has 0 aromatic heterocycles. The molecular formula is C15H21F2N3O. The van der Waals surface area contributed by atoms with E-state index >= 15 is 0 Å². The molecule has 1 amide bonds. The van der Waals surface area contributed by atoms with Gasteiger partial charge in [-0.05, 0) is 44.4 Å². The van der Waals surface area contributed by atoms with Gasteiger partial charge in [-0.2, -0.15) is 0 Å². The summed E-state index contributed by atoms with van der Waals surface area (Å²) in [6.45, 7) is 3.63. The van der Waals surface area contributed by atoms with Crippen molar-refractivity contribution >= 4 is 11.6 Å². The number of halogens is 2. The van der Waals surface area contributed by atoms with Crippen LogP contribution in [0.5, 0.6) is 0 Å². The van der Waals surface area contributed by atoms with Gasteiger partial charge in [-0.1, -0.05) is 6.07 Å². The third kappa shape index (κ3) is 4.22. The quantitative estimate of drug-likeness (QED) is 0.893. The molecule has 1 fully saturated rings. The van der Waals surface area contributed by atoms with Crippen molar-refractivity contribution in [1.82, 2.24) is 4.90 Å². The van der Waals surface area contributed by atoms with Crippen LogP contribution in [-0.2, 0) is 4.79 Å². The van der Waals surface area contributed by atoms with Crippen molar-refractivity contribution in [3.8, 4) is 0 Å². The van der Waals surface area contributed by atoms with Crippen LogP contribution in [-0.4, -0.2) is 36.5 Å². The lowest BCUT2D eigenvalue weighted by atomic mass is 9.92. The van der Waals surface area contributed by atoms with E-state index in [0.717, 1.165) is 38.1 Å². The van der Waals surface area contributed by atoms with E-state index < -0.39 is 17.5 Å². The van der Waals surface area contributed by atoms with E-state index in [4.69, 9.17) is 5.73 Å². The highest BCUT2D eigenvalue weighted by Crippen LogP contribution is 2.20. The van der Waals surface area contributed by atoms with Crippen LogP contribution >= 0.6 is 0 Å². The molecule has 1 aliphatic heterocycles. The molecule has 0 bridgehead atoms. The van der Waals surface area contributed by atoms with Crippen LogP contribution in [0.15, 0.2) is 18.2 Å². The van der Waals surface area contributed by atoms with Crippen LogP contribution in [0.3, 0.4) is 0 Å². The number of para-hydroxylation sites is 1. The van der Waals surface area contributed by atoms with E-state index in [2.05, 4.69) is 5.32 Å². The minimum atomic E-state index is -0.768. The first-order valence-corrected chi connectivity index (χ1v) is 7.19. The van der Waals surface area contributed by atoms with Gasteiger partial charge in [0.2, 0.25) is 5.91 Å². The first-order chi connectivity index (χ1) is 9.97. The molecule has 6 heteroatoms. The standard InChI is InChI=1S/C15H21F2N3O/c1-10(18)11-4-3-7-20(8-11)9-14(21)19-15-12(16)5-2-6-13(15)17/h2,5-6,10-11H,3-4,7-9,18H2,1H3,(H,19,21). The largest absolute Gasteiger partial charge is 0.328 e. The zero-order valence-electron chi connectivity index (χ0n) is 12.1. The molecule has 21 heavy (non-hydrogen) atoms. The Morgan fingerprint density at radius 3 is 2.76 bits per heavy atom. The number of amides is 1. The lowest BCUT2D eigenvalue weighted by Gasteiger charge is -2.34.